The molecule has 14 nitrogen and oxygen atoms in total. The van der Waals surface area contributed by atoms with Crippen LogP contribution in [0.4, 0.5) is 20.1 Å². The third-order valence-corrected chi connectivity index (χ3v) is 8.58. The summed E-state index contributed by atoms with van der Waals surface area (Å²) in [5.74, 6) is 0.785. The van der Waals surface area contributed by atoms with Crippen molar-refractivity contribution in [1.82, 2.24) is 31.5 Å². The Hall–Kier alpha value is -4.11. The van der Waals surface area contributed by atoms with Crippen molar-refractivity contribution in [2.24, 2.45) is 0 Å². The van der Waals surface area contributed by atoms with Gasteiger partial charge >= 0.3 is 18.1 Å². The molecule has 2 atom stereocenters. The zero-order chi connectivity index (χ0) is 35.2. The number of amides is 6. The van der Waals surface area contributed by atoms with E-state index in [2.05, 4.69) is 61.1 Å². The number of hydrogen-bond acceptors (Lipinski definition) is 8. The Kier molecular flexibility index (Phi) is 17.5. The number of piperidine rings is 1. The van der Waals surface area contributed by atoms with Crippen molar-refractivity contribution in [2.75, 3.05) is 91.3 Å². The van der Waals surface area contributed by atoms with E-state index in [0.29, 0.717) is 77.5 Å². The highest BCUT2D eigenvalue weighted by Gasteiger charge is 2.38. The Bertz CT molecular complexity index is 1290. The molecule has 0 saturated carbocycles. The maximum absolute atomic E-state index is 12.4. The second-order valence-electron chi connectivity index (χ2n) is 12.3. The van der Waals surface area contributed by atoms with Gasteiger partial charge in [-0.1, -0.05) is 30.7 Å². The van der Waals surface area contributed by atoms with Gasteiger partial charge in [0.2, 0.25) is 0 Å². The third kappa shape index (κ3) is 14.0. The van der Waals surface area contributed by atoms with E-state index >= 15 is 0 Å². The molecule has 0 aromatic heterocycles. The number of hydrogen-bond donors (Lipinski definition) is 6. The molecule has 2 aliphatic rings. The van der Waals surface area contributed by atoms with Gasteiger partial charge in [-0.25, -0.2) is 14.4 Å². The van der Waals surface area contributed by atoms with E-state index in [1.165, 1.54) is 30.4 Å². The van der Waals surface area contributed by atoms with Gasteiger partial charge < -0.3 is 50.8 Å². The first-order valence-corrected chi connectivity index (χ1v) is 17.8. The maximum atomic E-state index is 12.4. The van der Waals surface area contributed by atoms with Gasteiger partial charge in [0.05, 0.1) is 39.1 Å². The molecule has 0 bridgehead atoms. The number of unbranched alkanes of at least 4 members (excludes halogenated alkanes) is 1. The summed E-state index contributed by atoms with van der Waals surface area (Å²) in [6, 6.07) is 15.7. The van der Waals surface area contributed by atoms with Crippen LogP contribution in [-0.4, -0.2) is 115 Å². The van der Waals surface area contributed by atoms with Gasteiger partial charge in [-0.2, -0.15) is 0 Å². The maximum Gasteiger partial charge on any atom is 0.319 e. The zero-order valence-corrected chi connectivity index (χ0v) is 29.3. The number of methoxy groups -OCH3 is 1. The number of ether oxygens (including phenoxy) is 4. The molecule has 14 heteroatoms. The molecule has 6 amide bonds. The normalized spacial score (nSPS) is 17.0. The first-order valence-electron chi connectivity index (χ1n) is 17.8. The Morgan fingerprint density at radius 2 is 1.26 bits per heavy atom. The average Bonchev–Trinajstić information content (AvgIpc) is 3.50. The number of anilines is 1. The number of nitrogens with zero attached hydrogens (tertiary/aromatic N) is 1. The highest BCUT2D eigenvalue weighted by molar-refractivity contribution is 5.89. The van der Waals surface area contributed by atoms with Crippen molar-refractivity contribution in [2.45, 2.75) is 50.7 Å². The lowest BCUT2D eigenvalue weighted by atomic mass is 10.0. The minimum Gasteiger partial charge on any atom is -0.484 e. The summed E-state index contributed by atoms with van der Waals surface area (Å²) in [7, 11) is 1.58. The third-order valence-electron chi connectivity index (χ3n) is 8.58. The molecule has 2 aromatic rings. The molecule has 2 aromatic carbocycles. The zero-order valence-electron chi connectivity index (χ0n) is 29.3. The number of nitrogens with one attached hydrogen (secondary N) is 6. The molecule has 6 N–H and O–H groups in total. The fourth-order valence-corrected chi connectivity index (χ4v) is 6.03. The molecule has 1 aliphatic heterocycles. The van der Waals surface area contributed by atoms with E-state index in [4.69, 9.17) is 18.9 Å². The Balaban J connectivity index is 0.981. The number of rotatable bonds is 21. The quantitative estimate of drug-likeness (QED) is 0.108. The van der Waals surface area contributed by atoms with Crippen LogP contribution in [-0.2, 0) is 20.6 Å². The van der Waals surface area contributed by atoms with Crippen LogP contribution in [0.3, 0.4) is 0 Å². The molecule has 4 rings (SSSR count). The molecule has 1 aliphatic carbocycles. The lowest BCUT2D eigenvalue weighted by Gasteiger charge is -2.35. The molecule has 1 fully saturated rings. The van der Waals surface area contributed by atoms with E-state index < -0.39 is 0 Å². The Morgan fingerprint density at radius 1 is 0.680 bits per heavy atom. The molecule has 276 valence electrons. The monoisotopic (exact) mass is 697 g/mol. The van der Waals surface area contributed by atoms with Gasteiger partial charge in [0, 0.05) is 45.5 Å². The predicted octanol–water partition coefficient (Wildman–Crippen LogP) is 3.40. The van der Waals surface area contributed by atoms with Crippen LogP contribution in [0.5, 0.6) is 5.75 Å². The largest absolute Gasteiger partial charge is 0.484 e. The van der Waals surface area contributed by atoms with E-state index in [0.717, 1.165) is 38.1 Å². The summed E-state index contributed by atoms with van der Waals surface area (Å²) in [4.78, 5) is 38.3. The van der Waals surface area contributed by atoms with Gasteiger partial charge in [0.25, 0.3) is 0 Å². The van der Waals surface area contributed by atoms with E-state index in [1.54, 1.807) is 7.11 Å². The SMILES string of the molecule is COCCNC(=O)NCCCCNC(=O)NCCOCCOCCNC(=O)Nc1ccc(O[C@H]2c3ccccc3C[C@@H]2N2CCCCC2)cc1. The van der Waals surface area contributed by atoms with E-state index in [1.807, 2.05) is 24.3 Å². The van der Waals surface area contributed by atoms with Gasteiger partial charge in [-0.05, 0) is 80.6 Å². The van der Waals surface area contributed by atoms with Crippen LogP contribution < -0.4 is 36.6 Å². The second-order valence-corrected chi connectivity index (χ2v) is 12.3. The van der Waals surface area contributed by atoms with Crippen molar-refractivity contribution in [1.29, 1.82) is 0 Å². The number of carbonyl (C=O) groups excluding carboxylic acids is 3. The van der Waals surface area contributed by atoms with Crippen LogP contribution in [0.1, 0.15) is 49.3 Å². The van der Waals surface area contributed by atoms with Gasteiger partial charge in [-0.15, -0.1) is 0 Å². The number of carbonyl (C=O) groups is 3. The predicted molar refractivity (Wildman–Crippen MR) is 192 cm³/mol. The van der Waals surface area contributed by atoms with Crippen LogP contribution >= 0.6 is 0 Å². The van der Waals surface area contributed by atoms with E-state index in [9.17, 15) is 14.4 Å². The smallest absolute Gasteiger partial charge is 0.319 e. The summed E-state index contributed by atoms with van der Waals surface area (Å²) in [6.07, 6.45) is 6.29. The first kappa shape index (κ1) is 38.7. The lowest BCUT2D eigenvalue weighted by molar-refractivity contribution is 0.0511. The average molecular weight is 698 g/mol. The molecule has 0 radical (unpaired) electrons. The van der Waals surface area contributed by atoms with Crippen molar-refractivity contribution >= 4 is 23.8 Å². The van der Waals surface area contributed by atoms with Crippen LogP contribution in [0.15, 0.2) is 48.5 Å². The first-order chi connectivity index (χ1) is 24.5. The van der Waals surface area contributed by atoms with Crippen LogP contribution in [0.2, 0.25) is 0 Å². The molecular weight excluding hydrogens is 642 g/mol. The highest BCUT2D eigenvalue weighted by atomic mass is 16.5. The molecule has 0 unspecified atom stereocenters. The molecule has 0 spiro atoms. The molecule has 50 heavy (non-hydrogen) atoms. The minimum absolute atomic E-state index is 0.00947. The van der Waals surface area contributed by atoms with Gasteiger partial charge in [0.15, 0.2) is 0 Å². The Morgan fingerprint density at radius 3 is 1.90 bits per heavy atom. The van der Waals surface area contributed by atoms with Gasteiger partial charge in [-0.3, -0.25) is 4.90 Å². The van der Waals surface area contributed by atoms with Crippen molar-refractivity contribution < 1.29 is 33.3 Å². The van der Waals surface area contributed by atoms with Crippen molar-refractivity contribution in [3.05, 3.63) is 59.7 Å². The fourth-order valence-electron chi connectivity index (χ4n) is 6.03. The van der Waals surface area contributed by atoms with E-state index in [-0.39, 0.29) is 24.2 Å². The summed E-state index contributed by atoms with van der Waals surface area (Å²) < 4.78 is 22.4. The molecular formula is C36H55N7O7. The number of fused-ring (bicyclic) bond motifs is 1. The summed E-state index contributed by atoms with van der Waals surface area (Å²) >= 11 is 0. The number of benzene rings is 2. The fraction of sp³-hybridized carbons (Fsp3) is 0.583. The standard InChI is InChI=1S/C36H55N7O7/c1-47-22-17-39-34(44)37-15-5-6-16-38-35(45)40-18-23-48-25-26-49-24-19-41-36(46)42-29-11-13-30(14-12-29)50-33-31-10-4-3-9-28(31)27-32(33)43-20-7-2-8-21-43/h3-4,9-14,32-33H,2,5-8,15-27H2,1H3,(H2,37,39,44)(H2,38,40,45)(H2,41,42,46)/t32-,33-/m0/s1. The van der Waals surface area contributed by atoms with Crippen LogP contribution in [0, 0.1) is 0 Å². The minimum atomic E-state index is -0.310. The topological polar surface area (TPSA) is 164 Å². The highest BCUT2D eigenvalue weighted by Crippen LogP contribution is 2.39. The van der Waals surface area contributed by atoms with Crippen molar-refractivity contribution in [3.63, 3.8) is 0 Å². The van der Waals surface area contributed by atoms with Crippen LogP contribution in [0.25, 0.3) is 0 Å². The number of likely N-dealkylation sites (tertiary alicyclic amines) is 1. The summed E-state index contributed by atoms with van der Waals surface area (Å²) in [5, 5.41) is 16.6. The summed E-state index contributed by atoms with van der Waals surface area (Å²) in [5.41, 5.74) is 3.32. The van der Waals surface area contributed by atoms with Crippen molar-refractivity contribution in [3.8, 4) is 5.75 Å². The molecule has 1 saturated heterocycles. The number of urea groups is 3. The lowest BCUT2D eigenvalue weighted by Crippen LogP contribution is -2.43. The second kappa shape index (κ2) is 22.6. The molecule has 1 heterocycles. The Labute approximate surface area is 295 Å². The summed E-state index contributed by atoms with van der Waals surface area (Å²) in [6.45, 7) is 6.39. The van der Waals surface area contributed by atoms with Gasteiger partial charge in [0.1, 0.15) is 11.9 Å².